The second kappa shape index (κ2) is 11.0. The van der Waals surface area contributed by atoms with E-state index in [0.717, 1.165) is 41.4 Å². The standard InChI is InChI=1S/C24H29N7O5S/c25-24(26)30-11-5-6-16(15-30)13-28-23(32)20(12-17-14-27-19-8-2-1-7-18(17)19)29-37(35,36)22-10-4-3-9-21(22)31(33)34/h1-4,7-10,14,16,20,27,29H,5-6,11-13,15H2,(H3,25,26)(H,28,32)/t16?,20-/m1/s1. The Morgan fingerprint density at radius 2 is 1.97 bits per heavy atom. The molecule has 4 rings (SSSR count). The maximum Gasteiger partial charge on any atom is 0.289 e. The number of hydrogen-bond acceptors (Lipinski definition) is 6. The van der Waals surface area contributed by atoms with E-state index in [9.17, 15) is 23.3 Å². The first-order valence-corrected chi connectivity index (χ1v) is 13.3. The molecular weight excluding hydrogens is 498 g/mol. The van der Waals surface area contributed by atoms with Crippen molar-refractivity contribution in [1.82, 2.24) is 19.9 Å². The van der Waals surface area contributed by atoms with E-state index in [0.29, 0.717) is 13.1 Å². The largest absolute Gasteiger partial charge is 0.370 e. The Morgan fingerprint density at radius 1 is 1.24 bits per heavy atom. The molecule has 1 aromatic heterocycles. The molecule has 1 unspecified atom stereocenters. The highest BCUT2D eigenvalue weighted by atomic mass is 32.2. The number of carbonyl (C=O) groups excluding carboxylic acids is 1. The fourth-order valence-electron chi connectivity index (χ4n) is 4.61. The molecule has 1 amide bonds. The van der Waals surface area contributed by atoms with Gasteiger partial charge in [0.05, 0.1) is 4.92 Å². The molecule has 1 fully saturated rings. The van der Waals surface area contributed by atoms with Crippen LogP contribution in [0.3, 0.4) is 0 Å². The molecule has 37 heavy (non-hydrogen) atoms. The lowest BCUT2D eigenvalue weighted by Gasteiger charge is -2.33. The summed E-state index contributed by atoms with van der Waals surface area (Å²) in [5.74, 6) is -0.528. The van der Waals surface area contributed by atoms with Crippen LogP contribution in [0.2, 0.25) is 0 Å². The van der Waals surface area contributed by atoms with E-state index in [1.807, 2.05) is 24.3 Å². The van der Waals surface area contributed by atoms with Crippen molar-refractivity contribution in [3.8, 4) is 0 Å². The summed E-state index contributed by atoms with van der Waals surface area (Å²) >= 11 is 0. The lowest BCUT2D eigenvalue weighted by atomic mass is 9.98. The van der Waals surface area contributed by atoms with Crippen LogP contribution in [-0.4, -0.2) is 60.8 Å². The highest BCUT2D eigenvalue weighted by Gasteiger charge is 2.32. The topological polar surface area (TPSA) is 187 Å². The normalized spacial score (nSPS) is 16.9. The summed E-state index contributed by atoms with van der Waals surface area (Å²) in [6.45, 7) is 1.48. The van der Waals surface area contributed by atoms with Gasteiger partial charge in [-0.2, -0.15) is 4.72 Å². The van der Waals surface area contributed by atoms with Crippen LogP contribution in [0.1, 0.15) is 18.4 Å². The Balaban J connectivity index is 1.57. The minimum atomic E-state index is -4.42. The maximum atomic E-state index is 13.3. The first kappa shape index (κ1) is 26.1. The zero-order valence-corrected chi connectivity index (χ0v) is 20.8. The van der Waals surface area contributed by atoms with Crippen molar-refractivity contribution in [1.29, 1.82) is 5.41 Å². The number of nitrogens with zero attached hydrogens (tertiary/aromatic N) is 2. The fourth-order valence-corrected chi connectivity index (χ4v) is 5.98. The third-order valence-electron chi connectivity index (χ3n) is 6.49. The van der Waals surface area contributed by atoms with Crippen molar-refractivity contribution < 1.29 is 18.1 Å². The summed E-state index contributed by atoms with van der Waals surface area (Å²) in [7, 11) is -4.42. The van der Waals surface area contributed by atoms with Gasteiger partial charge in [-0.25, -0.2) is 8.42 Å². The van der Waals surface area contributed by atoms with Crippen molar-refractivity contribution in [2.24, 2.45) is 11.7 Å². The van der Waals surface area contributed by atoms with Crippen LogP contribution in [0.5, 0.6) is 0 Å². The summed E-state index contributed by atoms with van der Waals surface area (Å²) < 4.78 is 28.9. The van der Waals surface area contributed by atoms with Gasteiger partial charge in [0, 0.05) is 42.8 Å². The number of carbonyl (C=O) groups is 1. The fraction of sp³-hybridized carbons (Fsp3) is 0.333. The number of amides is 1. The summed E-state index contributed by atoms with van der Waals surface area (Å²) in [6, 6.07) is 11.2. The second-order valence-corrected chi connectivity index (χ2v) is 10.7. The Morgan fingerprint density at radius 3 is 2.73 bits per heavy atom. The molecule has 0 radical (unpaired) electrons. The first-order chi connectivity index (χ1) is 17.7. The molecule has 0 bridgehead atoms. The summed E-state index contributed by atoms with van der Waals surface area (Å²) in [4.78, 5) is 28.3. The number of nitrogens with two attached hydrogens (primary N) is 1. The number of piperidine rings is 1. The average Bonchev–Trinajstić information content (AvgIpc) is 3.29. The quantitative estimate of drug-likeness (QED) is 0.121. The number of benzene rings is 2. The van der Waals surface area contributed by atoms with Crippen molar-refractivity contribution in [2.75, 3.05) is 19.6 Å². The summed E-state index contributed by atoms with van der Waals surface area (Å²) in [6.07, 6.45) is 3.40. The number of nitrogens with one attached hydrogen (secondary N) is 4. The van der Waals surface area contributed by atoms with Crippen molar-refractivity contribution >= 4 is 38.5 Å². The van der Waals surface area contributed by atoms with E-state index in [1.54, 1.807) is 11.1 Å². The van der Waals surface area contributed by atoms with Gasteiger partial charge < -0.3 is 20.9 Å². The molecule has 6 N–H and O–H groups in total. The van der Waals surface area contributed by atoms with Gasteiger partial charge in [0.25, 0.3) is 5.69 Å². The number of para-hydroxylation sites is 2. The highest BCUT2D eigenvalue weighted by molar-refractivity contribution is 7.89. The maximum absolute atomic E-state index is 13.3. The molecule has 2 atom stereocenters. The number of nitro groups is 1. The van der Waals surface area contributed by atoms with Crippen molar-refractivity contribution in [3.05, 3.63) is 70.4 Å². The van der Waals surface area contributed by atoms with Crippen molar-refractivity contribution in [3.63, 3.8) is 0 Å². The predicted octanol–water partition coefficient (Wildman–Crippen LogP) is 1.69. The predicted molar refractivity (Wildman–Crippen MR) is 138 cm³/mol. The zero-order chi connectivity index (χ0) is 26.6. The van der Waals surface area contributed by atoms with E-state index in [4.69, 9.17) is 11.1 Å². The molecule has 3 aromatic rings. The lowest BCUT2D eigenvalue weighted by Crippen LogP contribution is -2.51. The summed E-state index contributed by atoms with van der Waals surface area (Å²) in [5.41, 5.74) is 6.59. The number of likely N-dealkylation sites (tertiary alicyclic amines) is 1. The molecule has 0 spiro atoms. The third kappa shape index (κ3) is 6.06. The van der Waals surface area contributed by atoms with Crippen LogP contribution >= 0.6 is 0 Å². The van der Waals surface area contributed by atoms with Gasteiger partial charge in [-0.05, 0) is 42.9 Å². The SMILES string of the molecule is N=C(N)N1CCCC(CNC(=O)[C@@H](Cc2c[nH]c3ccccc23)NS(=O)(=O)c2ccccc2[N+](=O)[O-])C1. The molecule has 1 aliphatic rings. The average molecular weight is 528 g/mol. The minimum Gasteiger partial charge on any atom is -0.370 e. The molecular formula is C24H29N7O5S. The molecule has 1 saturated heterocycles. The lowest BCUT2D eigenvalue weighted by molar-refractivity contribution is -0.387. The van der Waals surface area contributed by atoms with Crippen LogP contribution in [0.25, 0.3) is 10.9 Å². The number of H-pyrrole nitrogens is 1. The van der Waals surface area contributed by atoms with Gasteiger partial charge in [-0.15, -0.1) is 0 Å². The van der Waals surface area contributed by atoms with E-state index < -0.39 is 37.5 Å². The Labute approximate surface area is 213 Å². The molecule has 12 nitrogen and oxygen atoms in total. The number of hydrogen-bond donors (Lipinski definition) is 5. The molecule has 2 aromatic carbocycles. The number of fused-ring (bicyclic) bond motifs is 1. The van der Waals surface area contributed by atoms with E-state index >= 15 is 0 Å². The number of nitro benzene ring substituents is 1. The van der Waals surface area contributed by atoms with Crippen LogP contribution in [0.15, 0.2) is 59.6 Å². The van der Waals surface area contributed by atoms with E-state index in [-0.39, 0.29) is 24.8 Å². The minimum absolute atomic E-state index is 0.0227. The molecule has 13 heteroatoms. The summed E-state index contributed by atoms with van der Waals surface area (Å²) in [5, 5.41) is 22.8. The first-order valence-electron chi connectivity index (χ1n) is 11.8. The van der Waals surface area contributed by atoms with E-state index in [1.165, 1.54) is 12.1 Å². The van der Waals surface area contributed by atoms with Gasteiger partial charge in [0.1, 0.15) is 6.04 Å². The zero-order valence-electron chi connectivity index (χ0n) is 20.0. The van der Waals surface area contributed by atoms with Gasteiger partial charge in [0.15, 0.2) is 10.9 Å². The van der Waals surface area contributed by atoms with E-state index in [2.05, 4.69) is 15.0 Å². The van der Waals surface area contributed by atoms with Crippen molar-refractivity contribution in [2.45, 2.75) is 30.2 Å². The smallest absolute Gasteiger partial charge is 0.289 e. The Hall–Kier alpha value is -3.97. The van der Waals surface area contributed by atoms with Crippen LogP contribution in [0.4, 0.5) is 5.69 Å². The number of guanidine groups is 1. The van der Waals surface area contributed by atoms with Crippen LogP contribution < -0.4 is 15.8 Å². The molecule has 0 aliphatic carbocycles. The Kier molecular flexibility index (Phi) is 7.74. The second-order valence-electron chi connectivity index (χ2n) is 9.05. The number of aromatic amines is 1. The van der Waals surface area contributed by atoms with Gasteiger partial charge >= 0.3 is 0 Å². The van der Waals surface area contributed by atoms with Gasteiger partial charge in [-0.1, -0.05) is 30.3 Å². The highest BCUT2D eigenvalue weighted by Crippen LogP contribution is 2.24. The monoisotopic (exact) mass is 527 g/mol. The van der Waals surface area contributed by atoms with Crippen LogP contribution in [0, 0.1) is 21.4 Å². The van der Waals surface area contributed by atoms with Gasteiger partial charge in [0.2, 0.25) is 15.9 Å². The number of sulfonamides is 1. The molecule has 1 aliphatic heterocycles. The molecule has 0 saturated carbocycles. The number of rotatable bonds is 9. The third-order valence-corrected chi connectivity index (χ3v) is 8.01. The Bertz CT molecular complexity index is 1420. The molecule has 196 valence electrons. The van der Waals surface area contributed by atoms with Gasteiger partial charge in [-0.3, -0.25) is 20.3 Å². The number of aromatic nitrogens is 1. The van der Waals surface area contributed by atoms with Crippen LogP contribution in [-0.2, 0) is 21.2 Å². The molecule has 2 heterocycles.